The van der Waals surface area contributed by atoms with E-state index in [-0.39, 0.29) is 11.2 Å². The number of amides is 1. The van der Waals surface area contributed by atoms with Crippen LogP contribution < -0.4 is 5.32 Å². The second kappa shape index (κ2) is 6.84. The molecule has 3 aromatic rings. The quantitative estimate of drug-likeness (QED) is 0.710. The Morgan fingerprint density at radius 1 is 1.09 bits per heavy atom. The Hall–Kier alpha value is -2.33. The number of nitrogens with one attached hydrogen (secondary N) is 1. The van der Waals surface area contributed by atoms with Gasteiger partial charge in [-0.15, -0.1) is 11.8 Å². The summed E-state index contributed by atoms with van der Waals surface area (Å²) in [6, 6.07) is 17.8. The van der Waals surface area contributed by atoms with Gasteiger partial charge in [0.15, 0.2) is 0 Å². The monoisotopic (exact) mass is 322 g/mol. The Morgan fingerprint density at radius 3 is 2.65 bits per heavy atom. The smallest absolute Gasteiger partial charge is 0.237 e. The summed E-state index contributed by atoms with van der Waals surface area (Å²) in [6.07, 6.45) is 1.75. The van der Waals surface area contributed by atoms with Crippen molar-refractivity contribution in [1.82, 2.24) is 4.98 Å². The lowest BCUT2D eigenvalue weighted by Gasteiger charge is -2.13. The molecular formula is C19H18N2OS. The number of carbonyl (C=O) groups excluding carboxylic acids is 1. The second-order valence-corrected chi connectivity index (χ2v) is 6.85. The van der Waals surface area contributed by atoms with Gasteiger partial charge in [-0.1, -0.05) is 23.8 Å². The van der Waals surface area contributed by atoms with Gasteiger partial charge in [0.25, 0.3) is 0 Å². The van der Waals surface area contributed by atoms with Crippen molar-refractivity contribution in [2.75, 3.05) is 5.32 Å². The summed E-state index contributed by atoms with van der Waals surface area (Å²) in [5.41, 5.74) is 2.90. The number of hydrogen-bond acceptors (Lipinski definition) is 3. The Bertz CT molecular complexity index is 825. The number of aryl methyl sites for hydroxylation is 1. The normalized spacial score (nSPS) is 12.1. The number of thioether (sulfide) groups is 1. The predicted octanol–water partition coefficient (Wildman–Crippen LogP) is 4.66. The Balaban J connectivity index is 1.74. The molecule has 1 amide bonds. The number of anilines is 1. The van der Waals surface area contributed by atoms with Crippen LogP contribution in [0, 0.1) is 6.92 Å². The molecule has 0 bridgehead atoms. The minimum absolute atomic E-state index is 0.00747. The van der Waals surface area contributed by atoms with Gasteiger partial charge in [0.1, 0.15) is 0 Å². The van der Waals surface area contributed by atoms with E-state index in [4.69, 9.17) is 0 Å². The number of hydrogen-bond donors (Lipinski definition) is 1. The maximum absolute atomic E-state index is 12.5. The van der Waals surface area contributed by atoms with E-state index < -0.39 is 0 Å². The fraction of sp³-hybridized carbons (Fsp3) is 0.158. The molecule has 0 saturated carbocycles. The van der Waals surface area contributed by atoms with Crippen LogP contribution in [0.4, 0.5) is 5.69 Å². The molecule has 3 rings (SSSR count). The molecule has 0 spiro atoms. The minimum Gasteiger partial charge on any atom is -0.324 e. The van der Waals surface area contributed by atoms with Crippen LogP contribution in [0.5, 0.6) is 0 Å². The van der Waals surface area contributed by atoms with Gasteiger partial charge in [-0.3, -0.25) is 9.78 Å². The van der Waals surface area contributed by atoms with Crippen LogP contribution in [0.3, 0.4) is 0 Å². The van der Waals surface area contributed by atoms with Crippen molar-refractivity contribution >= 4 is 34.3 Å². The van der Waals surface area contributed by atoms with Crippen molar-refractivity contribution in [3.63, 3.8) is 0 Å². The third-order valence-corrected chi connectivity index (χ3v) is 4.72. The minimum atomic E-state index is -0.176. The number of nitrogens with zero attached hydrogens (tertiary/aromatic N) is 1. The van der Waals surface area contributed by atoms with E-state index in [1.54, 1.807) is 18.0 Å². The lowest BCUT2D eigenvalue weighted by Crippen LogP contribution is -2.22. The van der Waals surface area contributed by atoms with Gasteiger partial charge in [0.2, 0.25) is 5.91 Å². The zero-order valence-corrected chi connectivity index (χ0v) is 13.9. The Labute approximate surface area is 140 Å². The zero-order chi connectivity index (χ0) is 16.2. The molecule has 4 heteroatoms. The maximum Gasteiger partial charge on any atom is 0.237 e. The van der Waals surface area contributed by atoms with Gasteiger partial charge in [-0.25, -0.2) is 0 Å². The summed E-state index contributed by atoms with van der Waals surface area (Å²) in [6.45, 7) is 3.97. The molecule has 2 aromatic carbocycles. The predicted molar refractivity (Wildman–Crippen MR) is 96.9 cm³/mol. The molecule has 116 valence electrons. The van der Waals surface area contributed by atoms with Crippen molar-refractivity contribution in [3.8, 4) is 0 Å². The van der Waals surface area contributed by atoms with Crippen molar-refractivity contribution in [2.24, 2.45) is 0 Å². The van der Waals surface area contributed by atoms with Crippen LogP contribution in [0.1, 0.15) is 12.5 Å². The maximum atomic E-state index is 12.5. The van der Waals surface area contributed by atoms with Gasteiger partial charge in [-0.2, -0.15) is 0 Å². The van der Waals surface area contributed by atoms with E-state index in [0.717, 1.165) is 21.5 Å². The van der Waals surface area contributed by atoms with Crippen molar-refractivity contribution in [3.05, 3.63) is 66.4 Å². The Kier molecular flexibility index (Phi) is 4.63. The fourth-order valence-electron chi connectivity index (χ4n) is 2.32. The molecule has 1 N–H and O–H groups in total. The van der Waals surface area contributed by atoms with E-state index in [1.165, 1.54) is 5.56 Å². The first-order valence-electron chi connectivity index (χ1n) is 7.51. The second-order valence-electron chi connectivity index (χ2n) is 5.44. The van der Waals surface area contributed by atoms with E-state index in [9.17, 15) is 4.79 Å². The number of benzene rings is 2. The highest BCUT2D eigenvalue weighted by atomic mass is 32.2. The Morgan fingerprint density at radius 2 is 1.87 bits per heavy atom. The molecule has 0 fully saturated rings. The highest BCUT2D eigenvalue weighted by Crippen LogP contribution is 2.26. The fourth-order valence-corrected chi connectivity index (χ4v) is 3.19. The third kappa shape index (κ3) is 3.71. The number of carbonyl (C=O) groups is 1. The number of rotatable bonds is 4. The van der Waals surface area contributed by atoms with E-state index >= 15 is 0 Å². The molecule has 1 atom stereocenters. The molecule has 0 radical (unpaired) electrons. The van der Waals surface area contributed by atoms with Crippen molar-refractivity contribution in [1.29, 1.82) is 0 Å². The van der Waals surface area contributed by atoms with Crippen LogP contribution in [0.15, 0.2) is 65.7 Å². The van der Waals surface area contributed by atoms with Crippen LogP contribution in [0.25, 0.3) is 10.9 Å². The molecule has 23 heavy (non-hydrogen) atoms. The van der Waals surface area contributed by atoms with Gasteiger partial charge in [0, 0.05) is 16.5 Å². The highest BCUT2D eigenvalue weighted by molar-refractivity contribution is 8.00. The van der Waals surface area contributed by atoms with Crippen molar-refractivity contribution < 1.29 is 4.79 Å². The summed E-state index contributed by atoms with van der Waals surface area (Å²) in [5, 5.41) is 3.79. The number of pyridine rings is 1. The number of fused-ring (bicyclic) bond motifs is 1. The van der Waals surface area contributed by atoms with Crippen LogP contribution in [-0.4, -0.2) is 16.1 Å². The lowest BCUT2D eigenvalue weighted by atomic mass is 10.2. The van der Waals surface area contributed by atoms with Crippen molar-refractivity contribution in [2.45, 2.75) is 24.0 Å². The molecular weight excluding hydrogens is 304 g/mol. The van der Waals surface area contributed by atoms with Gasteiger partial charge in [0.05, 0.1) is 16.5 Å². The first kappa shape index (κ1) is 15.6. The molecule has 1 aromatic heterocycles. The molecule has 1 unspecified atom stereocenters. The van der Waals surface area contributed by atoms with Gasteiger partial charge >= 0.3 is 0 Å². The summed E-state index contributed by atoms with van der Waals surface area (Å²) < 4.78 is 0. The van der Waals surface area contributed by atoms with E-state index in [0.29, 0.717) is 0 Å². The lowest BCUT2D eigenvalue weighted by molar-refractivity contribution is -0.115. The standard InChI is InChI=1S/C19H18N2OS/c1-13-8-10-15(11-9-13)23-14(2)19(22)21-18-7-3-6-17-16(18)5-4-12-20-17/h3-12,14H,1-2H3,(H,21,22). The van der Waals surface area contributed by atoms with Crippen LogP contribution in [0.2, 0.25) is 0 Å². The third-order valence-electron chi connectivity index (χ3n) is 3.61. The average Bonchev–Trinajstić information content (AvgIpc) is 2.57. The van der Waals surface area contributed by atoms with E-state index in [2.05, 4.69) is 29.4 Å². The largest absolute Gasteiger partial charge is 0.324 e. The SMILES string of the molecule is Cc1ccc(SC(C)C(=O)Nc2cccc3ncccc23)cc1. The zero-order valence-electron chi connectivity index (χ0n) is 13.1. The summed E-state index contributed by atoms with van der Waals surface area (Å²) >= 11 is 1.56. The molecule has 3 nitrogen and oxygen atoms in total. The summed E-state index contributed by atoms with van der Waals surface area (Å²) in [5.74, 6) is -0.00747. The summed E-state index contributed by atoms with van der Waals surface area (Å²) in [7, 11) is 0. The first-order chi connectivity index (χ1) is 11.1. The van der Waals surface area contributed by atoms with Crippen LogP contribution >= 0.6 is 11.8 Å². The molecule has 0 aliphatic rings. The first-order valence-corrected chi connectivity index (χ1v) is 8.39. The summed E-state index contributed by atoms with van der Waals surface area (Å²) in [4.78, 5) is 17.9. The molecule has 0 aliphatic carbocycles. The van der Waals surface area contributed by atoms with Gasteiger partial charge < -0.3 is 5.32 Å². The molecule has 0 saturated heterocycles. The molecule has 1 heterocycles. The van der Waals surface area contributed by atoms with Gasteiger partial charge in [-0.05, 0) is 50.2 Å². The topological polar surface area (TPSA) is 42.0 Å². The number of aromatic nitrogens is 1. The van der Waals surface area contributed by atoms with E-state index in [1.807, 2.05) is 49.4 Å². The van der Waals surface area contributed by atoms with Crippen LogP contribution in [-0.2, 0) is 4.79 Å². The molecule has 0 aliphatic heterocycles. The highest BCUT2D eigenvalue weighted by Gasteiger charge is 2.15. The average molecular weight is 322 g/mol.